The number of carbonyl (C=O) groups is 4. The minimum atomic E-state index is -4.95. The zero-order valence-corrected chi connectivity index (χ0v) is 58.6. The van der Waals surface area contributed by atoms with Crippen LogP contribution >= 0.6 is 15.6 Å². The van der Waals surface area contributed by atoms with Crippen LogP contribution in [0.5, 0.6) is 0 Å². The van der Waals surface area contributed by atoms with Gasteiger partial charge >= 0.3 is 39.5 Å². The SMILES string of the molecule is CCCCCCCCCCCCCCCCCCC(=O)O[C@H](COC(=O)CCCCCCCCCCCCCCC(C)C)COP(=O)(O)OC[C@@H](O)COP(=O)(O)OC[C@@H](COC(=O)CCCCCCCCCC)OC(=O)CCCCCCCCCCC. The lowest BCUT2D eigenvalue weighted by Crippen LogP contribution is -2.30. The van der Waals surface area contributed by atoms with Gasteiger partial charge in [-0.25, -0.2) is 9.13 Å². The van der Waals surface area contributed by atoms with E-state index in [-0.39, 0.29) is 25.7 Å². The van der Waals surface area contributed by atoms with Crippen molar-refractivity contribution in [3.63, 3.8) is 0 Å². The van der Waals surface area contributed by atoms with Gasteiger partial charge in [0.15, 0.2) is 12.2 Å². The molecule has 0 aromatic carbocycles. The smallest absolute Gasteiger partial charge is 0.462 e. The highest BCUT2D eigenvalue weighted by Gasteiger charge is 2.30. The van der Waals surface area contributed by atoms with Crippen LogP contribution in [0.1, 0.15) is 356 Å². The Balaban J connectivity index is 5.20. The molecule has 0 spiro atoms. The van der Waals surface area contributed by atoms with Gasteiger partial charge in [0.1, 0.15) is 19.3 Å². The number of aliphatic hydroxyl groups excluding tert-OH is 1. The molecular weight excluding hydrogens is 1160 g/mol. The van der Waals surface area contributed by atoms with E-state index in [1.54, 1.807) is 0 Å². The molecule has 19 heteroatoms. The van der Waals surface area contributed by atoms with E-state index in [4.69, 9.17) is 37.0 Å². The first-order chi connectivity index (χ1) is 42.5. The third kappa shape index (κ3) is 62.8. The molecule has 0 amide bonds. The van der Waals surface area contributed by atoms with Crippen LogP contribution in [-0.2, 0) is 65.4 Å². The van der Waals surface area contributed by atoms with Gasteiger partial charge in [-0.1, -0.05) is 304 Å². The number of phosphoric ester groups is 2. The summed E-state index contributed by atoms with van der Waals surface area (Å²) >= 11 is 0. The molecule has 0 bridgehead atoms. The summed E-state index contributed by atoms with van der Waals surface area (Å²) in [6.07, 6.45) is 48.6. The number of aliphatic hydroxyl groups is 1. The van der Waals surface area contributed by atoms with Gasteiger partial charge in [0.25, 0.3) is 0 Å². The van der Waals surface area contributed by atoms with Gasteiger partial charge in [-0.05, 0) is 31.6 Å². The Labute approximate surface area is 537 Å². The molecule has 2 unspecified atom stereocenters. The van der Waals surface area contributed by atoms with E-state index in [1.165, 1.54) is 173 Å². The Hall–Kier alpha value is -1.94. The van der Waals surface area contributed by atoms with Crippen molar-refractivity contribution in [2.24, 2.45) is 5.92 Å². The first kappa shape index (κ1) is 86.1. The van der Waals surface area contributed by atoms with Crippen LogP contribution < -0.4 is 0 Å². The van der Waals surface area contributed by atoms with Gasteiger partial charge in [0.05, 0.1) is 26.4 Å². The van der Waals surface area contributed by atoms with Gasteiger partial charge in [-0.15, -0.1) is 0 Å². The summed E-state index contributed by atoms with van der Waals surface area (Å²) in [6, 6.07) is 0. The molecule has 0 aromatic heterocycles. The summed E-state index contributed by atoms with van der Waals surface area (Å²) in [7, 11) is -9.89. The van der Waals surface area contributed by atoms with Gasteiger partial charge in [-0.2, -0.15) is 0 Å². The lowest BCUT2D eigenvalue weighted by molar-refractivity contribution is -0.161. The summed E-state index contributed by atoms with van der Waals surface area (Å²) in [5, 5.41) is 10.6. The predicted octanol–water partition coefficient (Wildman–Crippen LogP) is 19.7. The quantitative estimate of drug-likeness (QED) is 0.0222. The second-order valence-corrected chi connectivity index (χ2v) is 28.3. The Morgan fingerprint density at radius 2 is 0.523 bits per heavy atom. The topological polar surface area (TPSA) is 237 Å². The Morgan fingerprint density at radius 1 is 0.307 bits per heavy atom. The van der Waals surface area contributed by atoms with E-state index in [0.717, 1.165) is 102 Å². The second-order valence-electron chi connectivity index (χ2n) is 25.4. The molecule has 0 radical (unpaired) electrons. The van der Waals surface area contributed by atoms with Crippen molar-refractivity contribution in [3.05, 3.63) is 0 Å². The Bertz CT molecular complexity index is 1700. The normalized spacial score (nSPS) is 14.1. The number of phosphoric acid groups is 2. The third-order valence-corrected chi connectivity index (χ3v) is 17.9. The number of hydrogen-bond donors (Lipinski definition) is 3. The first-order valence-corrected chi connectivity index (χ1v) is 39.1. The van der Waals surface area contributed by atoms with Crippen LogP contribution in [0.3, 0.4) is 0 Å². The van der Waals surface area contributed by atoms with Crippen LogP contribution in [0, 0.1) is 5.92 Å². The van der Waals surface area contributed by atoms with Crippen LogP contribution in [0.25, 0.3) is 0 Å². The maximum atomic E-state index is 13.0. The zero-order chi connectivity index (χ0) is 64.9. The lowest BCUT2D eigenvalue weighted by Gasteiger charge is -2.21. The van der Waals surface area contributed by atoms with Crippen LogP contribution in [0.15, 0.2) is 0 Å². The molecule has 0 saturated heterocycles. The molecule has 522 valence electrons. The van der Waals surface area contributed by atoms with Crippen LogP contribution in [0.4, 0.5) is 0 Å². The zero-order valence-electron chi connectivity index (χ0n) is 56.9. The monoisotopic (exact) mass is 1300 g/mol. The number of hydrogen-bond acceptors (Lipinski definition) is 15. The van der Waals surface area contributed by atoms with E-state index in [1.807, 2.05) is 0 Å². The van der Waals surface area contributed by atoms with Crippen molar-refractivity contribution < 1.29 is 80.2 Å². The van der Waals surface area contributed by atoms with E-state index >= 15 is 0 Å². The standard InChI is InChI=1S/C69H134O17P2/c1-6-9-12-15-18-21-22-23-24-25-26-31-35-40-45-50-55-69(74)86-65(59-80-67(72)53-48-43-38-34-30-28-27-29-33-36-41-46-51-62(4)5)61-84-88(77,78)82-57-63(70)56-81-87(75,76)83-60-64(58-79-66(71)52-47-42-37-20-17-14-11-8-3)85-68(73)54-49-44-39-32-19-16-13-10-7-2/h62-65,70H,6-61H2,1-5H3,(H,75,76)(H,77,78)/t63-,64+,65+/m0/s1. The maximum Gasteiger partial charge on any atom is 0.472 e. The van der Waals surface area contributed by atoms with Crippen molar-refractivity contribution in [3.8, 4) is 0 Å². The minimum Gasteiger partial charge on any atom is -0.462 e. The molecule has 3 N–H and O–H groups in total. The van der Waals surface area contributed by atoms with Gasteiger partial charge in [0, 0.05) is 25.7 Å². The Kier molecular flexibility index (Phi) is 61.1. The molecule has 0 fully saturated rings. The summed E-state index contributed by atoms with van der Waals surface area (Å²) in [5.74, 6) is -1.34. The highest BCUT2D eigenvalue weighted by Crippen LogP contribution is 2.45. The highest BCUT2D eigenvalue weighted by atomic mass is 31.2. The van der Waals surface area contributed by atoms with E-state index in [2.05, 4.69) is 34.6 Å². The molecule has 0 aromatic rings. The van der Waals surface area contributed by atoms with Crippen molar-refractivity contribution in [1.82, 2.24) is 0 Å². The van der Waals surface area contributed by atoms with Gasteiger partial charge < -0.3 is 33.8 Å². The van der Waals surface area contributed by atoms with E-state index < -0.39 is 97.5 Å². The van der Waals surface area contributed by atoms with Crippen molar-refractivity contribution >= 4 is 39.5 Å². The van der Waals surface area contributed by atoms with Crippen molar-refractivity contribution in [2.45, 2.75) is 374 Å². The van der Waals surface area contributed by atoms with Gasteiger partial charge in [-0.3, -0.25) is 37.3 Å². The van der Waals surface area contributed by atoms with E-state index in [9.17, 15) is 43.2 Å². The fourth-order valence-electron chi connectivity index (χ4n) is 10.5. The van der Waals surface area contributed by atoms with Gasteiger partial charge in [0.2, 0.25) is 0 Å². The number of carbonyl (C=O) groups excluding carboxylic acids is 4. The molecule has 0 saturated carbocycles. The number of rotatable bonds is 69. The third-order valence-electron chi connectivity index (χ3n) is 16.0. The minimum absolute atomic E-state index is 0.106. The lowest BCUT2D eigenvalue weighted by atomic mass is 10.0. The molecule has 0 heterocycles. The number of esters is 4. The second kappa shape index (κ2) is 62.5. The largest absolute Gasteiger partial charge is 0.472 e. The molecule has 88 heavy (non-hydrogen) atoms. The average molecular weight is 1300 g/mol. The number of ether oxygens (including phenoxy) is 4. The molecule has 17 nitrogen and oxygen atoms in total. The maximum absolute atomic E-state index is 13.0. The number of unbranched alkanes of at least 4 members (excludes halogenated alkanes) is 41. The summed E-state index contributed by atoms with van der Waals surface area (Å²) < 4.78 is 68.1. The fourth-order valence-corrected chi connectivity index (χ4v) is 12.0. The van der Waals surface area contributed by atoms with Crippen LogP contribution in [-0.4, -0.2) is 96.7 Å². The first-order valence-electron chi connectivity index (χ1n) is 36.1. The summed E-state index contributed by atoms with van der Waals surface area (Å²) in [4.78, 5) is 72.4. The molecule has 0 rings (SSSR count). The molecule has 0 aliphatic heterocycles. The van der Waals surface area contributed by atoms with Crippen molar-refractivity contribution in [2.75, 3.05) is 39.6 Å². The fraction of sp³-hybridized carbons (Fsp3) is 0.942. The molecular formula is C69H134O17P2. The molecule has 5 atom stereocenters. The highest BCUT2D eigenvalue weighted by molar-refractivity contribution is 7.47. The predicted molar refractivity (Wildman–Crippen MR) is 354 cm³/mol. The summed E-state index contributed by atoms with van der Waals surface area (Å²) in [6.45, 7) is 7.21. The van der Waals surface area contributed by atoms with E-state index in [0.29, 0.717) is 25.7 Å². The average Bonchev–Trinajstić information content (AvgIpc) is 3.67. The molecule has 0 aliphatic rings. The Morgan fingerprint density at radius 3 is 0.773 bits per heavy atom. The summed E-state index contributed by atoms with van der Waals surface area (Å²) in [5.41, 5.74) is 0. The van der Waals surface area contributed by atoms with Crippen LogP contribution in [0.2, 0.25) is 0 Å². The molecule has 0 aliphatic carbocycles. The van der Waals surface area contributed by atoms with Crippen molar-refractivity contribution in [1.29, 1.82) is 0 Å².